The van der Waals surface area contributed by atoms with Crippen molar-refractivity contribution in [1.29, 1.82) is 0 Å². The molecule has 1 aromatic carbocycles. The van der Waals surface area contributed by atoms with Crippen molar-refractivity contribution in [3.05, 3.63) is 50.6 Å². The average molecular weight is 448 g/mol. The van der Waals surface area contributed by atoms with Crippen LogP contribution in [0.15, 0.2) is 29.1 Å². The van der Waals surface area contributed by atoms with Crippen molar-refractivity contribution in [3.8, 4) is 0 Å². The molecule has 158 valence electrons. The van der Waals surface area contributed by atoms with Crippen molar-refractivity contribution in [2.24, 2.45) is 0 Å². The van der Waals surface area contributed by atoms with E-state index in [1.165, 1.54) is 20.4 Å². The zero-order valence-electron chi connectivity index (χ0n) is 17.0. The van der Waals surface area contributed by atoms with Gasteiger partial charge in [0, 0.05) is 14.1 Å². The molecule has 3 aromatic rings. The number of thiophene rings is 1. The number of carbonyl (C=O) groups excluding carboxylic acids is 3. The van der Waals surface area contributed by atoms with E-state index in [0.717, 1.165) is 16.0 Å². The van der Waals surface area contributed by atoms with Crippen LogP contribution >= 0.6 is 22.9 Å². The monoisotopic (exact) mass is 447 g/mol. The quantitative estimate of drug-likeness (QED) is 0.586. The summed E-state index contributed by atoms with van der Waals surface area (Å²) in [5, 5.41) is 3.46. The number of aromatic nitrogens is 1. The largest absolute Gasteiger partial charge is 0.462 e. The highest BCUT2D eigenvalue weighted by molar-refractivity contribution is 7.18. The molecule has 0 aliphatic rings. The van der Waals surface area contributed by atoms with Gasteiger partial charge in [-0.05, 0) is 31.5 Å². The molecule has 0 fully saturated rings. The Labute approximate surface area is 180 Å². The lowest BCUT2D eigenvalue weighted by Gasteiger charge is -2.09. The Bertz CT molecular complexity index is 1190. The van der Waals surface area contributed by atoms with Crippen LogP contribution in [0.1, 0.15) is 32.5 Å². The van der Waals surface area contributed by atoms with Crippen LogP contribution in [-0.2, 0) is 16.1 Å². The molecule has 0 aliphatic carbocycles. The van der Waals surface area contributed by atoms with E-state index in [4.69, 9.17) is 4.74 Å². The highest BCUT2D eigenvalue weighted by Crippen LogP contribution is 2.34. The first-order valence-electron chi connectivity index (χ1n) is 9.15. The van der Waals surface area contributed by atoms with Crippen LogP contribution in [0.3, 0.4) is 0 Å². The number of carbonyl (C=O) groups is 3. The van der Waals surface area contributed by atoms with Gasteiger partial charge in [0.1, 0.15) is 11.5 Å². The van der Waals surface area contributed by atoms with Gasteiger partial charge in [0.25, 0.3) is 11.5 Å². The minimum Gasteiger partial charge on any atom is -0.462 e. The predicted octanol–water partition coefficient (Wildman–Crippen LogP) is 2.95. The lowest BCUT2D eigenvalue weighted by atomic mass is 10.1. The van der Waals surface area contributed by atoms with Crippen molar-refractivity contribution in [3.63, 3.8) is 0 Å². The van der Waals surface area contributed by atoms with Crippen LogP contribution in [0.25, 0.3) is 10.1 Å². The summed E-state index contributed by atoms with van der Waals surface area (Å²) in [7, 11) is 3.22. The fourth-order valence-corrected chi connectivity index (χ4v) is 5.10. The summed E-state index contributed by atoms with van der Waals surface area (Å²) < 4.78 is 7.24. The van der Waals surface area contributed by atoms with E-state index in [1.54, 1.807) is 40.1 Å². The Morgan fingerprint density at radius 3 is 2.53 bits per heavy atom. The van der Waals surface area contributed by atoms with E-state index in [2.05, 4.69) is 5.32 Å². The highest BCUT2D eigenvalue weighted by Gasteiger charge is 2.27. The Hall–Kier alpha value is -2.98. The van der Waals surface area contributed by atoms with Gasteiger partial charge in [0.2, 0.25) is 5.91 Å². The third-order valence-corrected chi connectivity index (χ3v) is 6.58. The van der Waals surface area contributed by atoms with Crippen molar-refractivity contribution >= 4 is 55.7 Å². The Balaban J connectivity index is 1.92. The zero-order valence-corrected chi connectivity index (χ0v) is 18.6. The molecule has 30 heavy (non-hydrogen) atoms. The summed E-state index contributed by atoms with van der Waals surface area (Å²) in [6.07, 6.45) is 0. The highest BCUT2D eigenvalue weighted by atomic mass is 32.1. The van der Waals surface area contributed by atoms with Crippen LogP contribution < -0.4 is 10.9 Å². The van der Waals surface area contributed by atoms with Crippen LogP contribution in [0.4, 0.5) is 5.00 Å². The van der Waals surface area contributed by atoms with Crippen molar-refractivity contribution in [2.75, 3.05) is 26.0 Å². The molecule has 3 rings (SSSR count). The molecule has 10 heteroatoms. The zero-order chi connectivity index (χ0) is 22.0. The van der Waals surface area contributed by atoms with Crippen LogP contribution in [0.2, 0.25) is 0 Å². The number of esters is 1. The van der Waals surface area contributed by atoms with E-state index in [9.17, 15) is 19.2 Å². The first-order valence-corrected chi connectivity index (χ1v) is 10.7. The number of anilines is 1. The minimum absolute atomic E-state index is 0.157. The molecular weight excluding hydrogens is 426 g/mol. The van der Waals surface area contributed by atoms with E-state index in [1.807, 2.05) is 12.1 Å². The van der Waals surface area contributed by atoms with Gasteiger partial charge < -0.3 is 15.0 Å². The first kappa shape index (κ1) is 21.7. The van der Waals surface area contributed by atoms with E-state index >= 15 is 0 Å². The molecule has 0 aliphatic heterocycles. The number of fused-ring (bicyclic) bond motifs is 1. The molecule has 0 radical (unpaired) electrons. The van der Waals surface area contributed by atoms with Gasteiger partial charge in [-0.2, -0.15) is 0 Å². The summed E-state index contributed by atoms with van der Waals surface area (Å²) >= 11 is 2.21. The lowest BCUT2D eigenvalue weighted by Crippen LogP contribution is -2.24. The summed E-state index contributed by atoms with van der Waals surface area (Å²) in [4.78, 5) is 51.8. The standard InChI is InChI=1S/C20H21N3O5S2/c1-5-28-20(27)15-11(2)16(19(26)22(3)4)29-17(15)21-14(24)10-23-18(25)12-8-6-7-9-13(12)30-23/h6-9H,5,10H2,1-4H3,(H,21,24). The molecule has 0 unspecified atom stereocenters. The number of amides is 2. The van der Waals surface area contributed by atoms with Crippen LogP contribution in [-0.4, -0.2) is 47.3 Å². The molecule has 0 bridgehead atoms. The van der Waals surface area contributed by atoms with Crippen LogP contribution in [0, 0.1) is 6.92 Å². The number of nitrogens with zero attached hydrogens (tertiary/aromatic N) is 2. The van der Waals surface area contributed by atoms with Gasteiger partial charge in [-0.3, -0.25) is 18.3 Å². The fourth-order valence-electron chi connectivity index (χ4n) is 2.88. The second-order valence-electron chi connectivity index (χ2n) is 6.66. The van der Waals surface area contributed by atoms with Gasteiger partial charge in [0.15, 0.2) is 0 Å². The van der Waals surface area contributed by atoms with E-state index in [-0.39, 0.29) is 35.2 Å². The average Bonchev–Trinajstić information content (AvgIpc) is 3.18. The Morgan fingerprint density at radius 1 is 1.20 bits per heavy atom. The molecule has 8 nitrogen and oxygen atoms in total. The maximum atomic E-state index is 12.7. The van der Waals surface area contributed by atoms with Gasteiger partial charge in [0.05, 0.1) is 27.1 Å². The van der Waals surface area contributed by atoms with Crippen molar-refractivity contribution < 1.29 is 19.1 Å². The summed E-state index contributed by atoms with van der Waals surface area (Å²) in [6, 6.07) is 7.12. The summed E-state index contributed by atoms with van der Waals surface area (Å²) in [5.41, 5.74) is 0.359. The Kier molecular flexibility index (Phi) is 6.37. The van der Waals surface area contributed by atoms with E-state index in [0.29, 0.717) is 15.8 Å². The van der Waals surface area contributed by atoms with Gasteiger partial charge in [-0.15, -0.1) is 11.3 Å². The number of ether oxygens (including phenoxy) is 1. The molecule has 2 heterocycles. The third-order valence-electron chi connectivity index (χ3n) is 4.32. The second kappa shape index (κ2) is 8.80. The van der Waals surface area contributed by atoms with Crippen molar-refractivity contribution in [1.82, 2.24) is 8.86 Å². The number of rotatable bonds is 6. The topological polar surface area (TPSA) is 97.7 Å². The molecular formula is C20H21N3O5S2. The Morgan fingerprint density at radius 2 is 1.90 bits per heavy atom. The molecule has 2 aromatic heterocycles. The van der Waals surface area contributed by atoms with Gasteiger partial charge in [-0.1, -0.05) is 23.7 Å². The first-order chi connectivity index (χ1) is 14.2. The molecule has 0 spiro atoms. The van der Waals surface area contributed by atoms with Crippen LogP contribution in [0.5, 0.6) is 0 Å². The number of hydrogen-bond donors (Lipinski definition) is 1. The molecule has 2 amide bonds. The fraction of sp³-hybridized carbons (Fsp3) is 0.300. The molecule has 0 atom stereocenters. The van der Waals surface area contributed by atoms with Crippen molar-refractivity contribution in [2.45, 2.75) is 20.4 Å². The maximum Gasteiger partial charge on any atom is 0.341 e. The smallest absolute Gasteiger partial charge is 0.341 e. The second-order valence-corrected chi connectivity index (χ2v) is 8.74. The van der Waals surface area contributed by atoms with E-state index < -0.39 is 11.9 Å². The van der Waals surface area contributed by atoms with Gasteiger partial charge in [-0.25, -0.2) is 4.79 Å². The SMILES string of the molecule is CCOC(=O)c1c(NC(=O)Cn2sc3ccccc3c2=O)sc(C(=O)N(C)C)c1C. The summed E-state index contributed by atoms with van der Waals surface area (Å²) in [6.45, 7) is 3.28. The molecule has 0 saturated carbocycles. The number of hydrogen-bond acceptors (Lipinski definition) is 7. The maximum absolute atomic E-state index is 12.7. The number of benzene rings is 1. The predicted molar refractivity (Wildman–Crippen MR) is 118 cm³/mol. The van der Waals surface area contributed by atoms with Gasteiger partial charge >= 0.3 is 5.97 Å². The lowest BCUT2D eigenvalue weighted by molar-refractivity contribution is -0.116. The molecule has 0 saturated heterocycles. The third kappa shape index (κ3) is 4.14. The summed E-state index contributed by atoms with van der Waals surface area (Å²) in [5.74, 6) is -1.36. The normalized spacial score (nSPS) is 10.8. The minimum atomic E-state index is -0.613. The number of nitrogens with one attached hydrogen (secondary N) is 1. The molecule has 1 N–H and O–H groups in total.